The molecule has 2 nitrogen and oxygen atoms in total. The van der Waals surface area contributed by atoms with Gasteiger partial charge in [0.25, 0.3) is 6.29 Å². The van der Waals surface area contributed by atoms with Crippen LogP contribution in [0.15, 0.2) is 59.9 Å². The van der Waals surface area contributed by atoms with Gasteiger partial charge in [0, 0.05) is 6.42 Å². The molecule has 0 amide bonds. The van der Waals surface area contributed by atoms with Crippen molar-refractivity contribution >= 4 is 11.3 Å². The summed E-state index contributed by atoms with van der Waals surface area (Å²) in [5.74, 6) is 0.884. The molecule has 17 heavy (non-hydrogen) atoms. The SMILES string of the molecule is C1=C(Cc2ccccc2)OC(c2cccs2)O1. The summed E-state index contributed by atoms with van der Waals surface area (Å²) in [4.78, 5) is 1.10. The van der Waals surface area contributed by atoms with Crippen molar-refractivity contribution in [2.24, 2.45) is 0 Å². The Labute approximate surface area is 104 Å². The highest BCUT2D eigenvalue weighted by atomic mass is 32.1. The van der Waals surface area contributed by atoms with Crippen LogP contribution in [-0.4, -0.2) is 0 Å². The summed E-state index contributed by atoms with van der Waals surface area (Å²) >= 11 is 1.65. The van der Waals surface area contributed by atoms with Crippen molar-refractivity contribution in [2.45, 2.75) is 12.7 Å². The molecule has 0 aliphatic carbocycles. The van der Waals surface area contributed by atoms with Crippen LogP contribution in [0.25, 0.3) is 0 Å². The Hall–Kier alpha value is -1.74. The van der Waals surface area contributed by atoms with E-state index in [1.54, 1.807) is 17.6 Å². The van der Waals surface area contributed by atoms with Crippen molar-refractivity contribution in [3.05, 3.63) is 70.3 Å². The summed E-state index contributed by atoms with van der Waals surface area (Å²) in [7, 11) is 0. The van der Waals surface area contributed by atoms with E-state index in [2.05, 4.69) is 12.1 Å². The first-order chi connectivity index (χ1) is 8.42. The van der Waals surface area contributed by atoms with Crippen LogP contribution in [0.5, 0.6) is 0 Å². The van der Waals surface area contributed by atoms with E-state index in [0.717, 1.165) is 17.1 Å². The number of thiophene rings is 1. The zero-order valence-electron chi connectivity index (χ0n) is 9.21. The monoisotopic (exact) mass is 244 g/mol. The average molecular weight is 244 g/mol. The lowest BCUT2D eigenvalue weighted by Gasteiger charge is -2.09. The van der Waals surface area contributed by atoms with Gasteiger partial charge in [-0.15, -0.1) is 11.3 Å². The molecule has 0 spiro atoms. The maximum atomic E-state index is 5.76. The highest BCUT2D eigenvalue weighted by molar-refractivity contribution is 7.10. The fourth-order valence-electron chi connectivity index (χ4n) is 1.76. The molecule has 3 heteroatoms. The van der Waals surface area contributed by atoms with Gasteiger partial charge in [0.2, 0.25) is 0 Å². The lowest BCUT2D eigenvalue weighted by atomic mass is 10.1. The Morgan fingerprint density at radius 3 is 2.71 bits per heavy atom. The van der Waals surface area contributed by atoms with Gasteiger partial charge >= 0.3 is 0 Å². The van der Waals surface area contributed by atoms with E-state index in [1.165, 1.54) is 5.56 Å². The van der Waals surface area contributed by atoms with Gasteiger partial charge < -0.3 is 9.47 Å². The zero-order valence-corrected chi connectivity index (χ0v) is 10.0. The minimum absolute atomic E-state index is 0.256. The van der Waals surface area contributed by atoms with Crippen LogP contribution in [0, 0.1) is 0 Å². The number of allylic oxidation sites excluding steroid dienone is 1. The predicted octanol–water partition coefficient (Wildman–Crippen LogP) is 3.88. The van der Waals surface area contributed by atoms with Crippen molar-refractivity contribution in [1.29, 1.82) is 0 Å². The smallest absolute Gasteiger partial charge is 0.275 e. The lowest BCUT2D eigenvalue weighted by molar-refractivity contribution is -0.0318. The summed E-state index contributed by atoms with van der Waals surface area (Å²) < 4.78 is 11.3. The molecule has 0 fully saturated rings. The maximum Gasteiger partial charge on any atom is 0.275 e. The van der Waals surface area contributed by atoms with E-state index in [9.17, 15) is 0 Å². The van der Waals surface area contributed by atoms with E-state index in [0.29, 0.717) is 0 Å². The fourth-order valence-corrected chi connectivity index (χ4v) is 2.45. The normalized spacial score (nSPS) is 18.4. The molecular formula is C14H12O2S. The number of benzene rings is 1. The number of hydrogen-bond donors (Lipinski definition) is 0. The van der Waals surface area contributed by atoms with E-state index in [4.69, 9.17) is 9.47 Å². The van der Waals surface area contributed by atoms with Gasteiger partial charge in [-0.3, -0.25) is 0 Å². The third-order valence-corrected chi connectivity index (χ3v) is 3.47. The summed E-state index contributed by atoms with van der Waals surface area (Å²) in [5.41, 5.74) is 1.23. The molecule has 0 bridgehead atoms. The van der Waals surface area contributed by atoms with E-state index < -0.39 is 0 Å². The first-order valence-electron chi connectivity index (χ1n) is 5.50. The molecule has 0 saturated carbocycles. The number of ether oxygens (including phenoxy) is 2. The van der Waals surface area contributed by atoms with Gasteiger partial charge in [-0.05, 0) is 17.0 Å². The largest absolute Gasteiger partial charge is 0.454 e. The van der Waals surface area contributed by atoms with Crippen molar-refractivity contribution in [1.82, 2.24) is 0 Å². The molecule has 1 aromatic carbocycles. The van der Waals surface area contributed by atoms with Crippen molar-refractivity contribution < 1.29 is 9.47 Å². The minimum Gasteiger partial charge on any atom is -0.454 e. The molecule has 1 aromatic heterocycles. The van der Waals surface area contributed by atoms with Crippen molar-refractivity contribution in [2.75, 3.05) is 0 Å². The molecule has 1 atom stereocenters. The van der Waals surface area contributed by atoms with Crippen LogP contribution in [0.3, 0.4) is 0 Å². The molecule has 2 heterocycles. The van der Waals surface area contributed by atoms with Crippen LogP contribution < -0.4 is 0 Å². The average Bonchev–Trinajstić information content (AvgIpc) is 3.00. The predicted molar refractivity (Wildman–Crippen MR) is 67.5 cm³/mol. The van der Waals surface area contributed by atoms with E-state index >= 15 is 0 Å². The fraction of sp³-hybridized carbons (Fsp3) is 0.143. The van der Waals surface area contributed by atoms with Crippen LogP contribution in [0.1, 0.15) is 16.7 Å². The Balaban J connectivity index is 1.65. The topological polar surface area (TPSA) is 18.5 Å². The molecule has 0 N–H and O–H groups in total. The summed E-state index contributed by atoms with van der Waals surface area (Å²) in [6.45, 7) is 0. The Morgan fingerprint density at radius 1 is 1.06 bits per heavy atom. The second-order valence-corrected chi connectivity index (χ2v) is 4.83. The third-order valence-electron chi connectivity index (χ3n) is 2.58. The van der Waals surface area contributed by atoms with Crippen molar-refractivity contribution in [3.63, 3.8) is 0 Å². The molecular weight excluding hydrogens is 232 g/mol. The second kappa shape index (κ2) is 4.63. The van der Waals surface area contributed by atoms with E-state index in [-0.39, 0.29) is 6.29 Å². The van der Waals surface area contributed by atoms with Gasteiger partial charge in [0.05, 0.1) is 4.88 Å². The molecule has 3 rings (SSSR count). The highest BCUT2D eigenvalue weighted by Crippen LogP contribution is 2.32. The quantitative estimate of drug-likeness (QED) is 0.815. The molecule has 0 saturated heterocycles. The molecule has 1 aliphatic rings. The maximum absolute atomic E-state index is 5.76. The van der Waals surface area contributed by atoms with Gasteiger partial charge in [-0.25, -0.2) is 0 Å². The van der Waals surface area contributed by atoms with Crippen LogP contribution in [0.2, 0.25) is 0 Å². The Kier molecular flexibility index (Phi) is 2.84. The number of rotatable bonds is 3. The Morgan fingerprint density at radius 2 is 1.94 bits per heavy atom. The number of hydrogen-bond acceptors (Lipinski definition) is 3. The summed E-state index contributed by atoms with van der Waals surface area (Å²) in [6, 6.07) is 14.3. The zero-order chi connectivity index (χ0) is 11.5. The molecule has 0 radical (unpaired) electrons. The van der Waals surface area contributed by atoms with Gasteiger partial charge in [0.1, 0.15) is 12.0 Å². The van der Waals surface area contributed by atoms with Crippen LogP contribution >= 0.6 is 11.3 Å². The molecule has 2 aromatic rings. The lowest BCUT2D eigenvalue weighted by Crippen LogP contribution is -1.97. The van der Waals surface area contributed by atoms with Gasteiger partial charge in [0.15, 0.2) is 0 Å². The minimum atomic E-state index is -0.256. The first-order valence-corrected chi connectivity index (χ1v) is 6.38. The second-order valence-electron chi connectivity index (χ2n) is 3.85. The van der Waals surface area contributed by atoms with E-state index in [1.807, 2.05) is 35.7 Å². The standard InChI is InChI=1S/C14H12O2S/c1-2-5-11(6-3-1)9-12-10-15-14(16-12)13-7-4-8-17-13/h1-8,10,14H,9H2. The summed E-state index contributed by atoms with van der Waals surface area (Å²) in [5, 5.41) is 2.03. The Bertz CT molecular complexity index is 502. The van der Waals surface area contributed by atoms with Crippen LogP contribution in [-0.2, 0) is 15.9 Å². The summed E-state index contributed by atoms with van der Waals surface area (Å²) in [6.07, 6.45) is 2.24. The van der Waals surface area contributed by atoms with Crippen molar-refractivity contribution in [3.8, 4) is 0 Å². The molecule has 1 aliphatic heterocycles. The molecule has 1 unspecified atom stereocenters. The molecule has 86 valence electrons. The van der Waals surface area contributed by atoms with Gasteiger partial charge in [-0.2, -0.15) is 0 Å². The third kappa shape index (κ3) is 2.34. The first kappa shape index (κ1) is 10.4. The van der Waals surface area contributed by atoms with Crippen LogP contribution in [0.4, 0.5) is 0 Å². The highest BCUT2D eigenvalue weighted by Gasteiger charge is 2.22. The van der Waals surface area contributed by atoms with Gasteiger partial charge in [-0.1, -0.05) is 36.4 Å².